The highest BCUT2D eigenvalue weighted by molar-refractivity contribution is 7.89. The minimum atomic E-state index is -3.61. The molecule has 0 aliphatic heterocycles. The van der Waals surface area contributed by atoms with Crippen LogP contribution in [0.25, 0.3) is 0 Å². The topological polar surface area (TPSA) is 86.8 Å². The fourth-order valence-corrected chi connectivity index (χ4v) is 4.73. The van der Waals surface area contributed by atoms with E-state index in [0.29, 0.717) is 19.5 Å². The zero-order valence-electron chi connectivity index (χ0n) is 20.7. The third-order valence-corrected chi connectivity index (χ3v) is 7.66. The Morgan fingerprint density at radius 2 is 1.65 bits per heavy atom. The van der Waals surface area contributed by atoms with Gasteiger partial charge < -0.3 is 10.2 Å². The number of rotatable bonds is 13. The Balaban J connectivity index is 2.05. The zero-order valence-corrected chi connectivity index (χ0v) is 21.5. The van der Waals surface area contributed by atoms with E-state index >= 15 is 0 Å². The molecule has 0 heterocycles. The summed E-state index contributed by atoms with van der Waals surface area (Å²) in [5.41, 5.74) is 2.06. The highest BCUT2D eigenvalue weighted by Gasteiger charge is 2.26. The standard InChI is InChI=1S/C26H37N3O4S/c1-5-6-18-27-26(31)22(3)29(20-23-16-14-21(2)15-17-23)25(30)13-10-19-28(4)34(32,33)24-11-8-7-9-12-24/h7-9,11-12,14-17,22H,5-6,10,13,18-20H2,1-4H3,(H,27,31). The molecule has 0 spiro atoms. The lowest BCUT2D eigenvalue weighted by molar-refractivity contribution is -0.140. The Morgan fingerprint density at radius 1 is 1.00 bits per heavy atom. The first-order valence-electron chi connectivity index (χ1n) is 11.8. The summed E-state index contributed by atoms with van der Waals surface area (Å²) >= 11 is 0. The number of carbonyl (C=O) groups excluding carboxylic acids is 2. The maximum absolute atomic E-state index is 13.2. The van der Waals surface area contributed by atoms with Gasteiger partial charge in [-0.3, -0.25) is 9.59 Å². The molecule has 1 unspecified atom stereocenters. The van der Waals surface area contributed by atoms with Gasteiger partial charge in [0, 0.05) is 33.1 Å². The normalized spacial score (nSPS) is 12.4. The smallest absolute Gasteiger partial charge is 0.242 e. The summed E-state index contributed by atoms with van der Waals surface area (Å²) in [6.07, 6.45) is 2.36. The number of nitrogens with one attached hydrogen (secondary N) is 1. The van der Waals surface area contributed by atoms with Gasteiger partial charge in [0.1, 0.15) is 6.04 Å². The highest BCUT2D eigenvalue weighted by Crippen LogP contribution is 2.16. The van der Waals surface area contributed by atoms with E-state index in [1.54, 1.807) is 42.2 Å². The van der Waals surface area contributed by atoms with Gasteiger partial charge in [0.2, 0.25) is 21.8 Å². The molecule has 34 heavy (non-hydrogen) atoms. The van der Waals surface area contributed by atoms with E-state index in [-0.39, 0.29) is 29.7 Å². The predicted octanol–water partition coefficient (Wildman–Crippen LogP) is 3.73. The van der Waals surface area contributed by atoms with E-state index in [1.165, 1.54) is 11.4 Å². The van der Waals surface area contributed by atoms with Crippen LogP contribution in [0.5, 0.6) is 0 Å². The number of amides is 2. The number of hydrogen-bond donors (Lipinski definition) is 1. The second kappa shape index (κ2) is 13.2. The SMILES string of the molecule is CCCCNC(=O)C(C)N(Cc1ccc(C)cc1)C(=O)CCCN(C)S(=O)(=O)c1ccccc1. The lowest BCUT2D eigenvalue weighted by Gasteiger charge is -2.29. The van der Waals surface area contributed by atoms with Gasteiger partial charge >= 0.3 is 0 Å². The number of carbonyl (C=O) groups is 2. The van der Waals surface area contributed by atoms with Crippen LogP contribution >= 0.6 is 0 Å². The maximum Gasteiger partial charge on any atom is 0.242 e. The number of sulfonamides is 1. The van der Waals surface area contributed by atoms with Gasteiger partial charge in [0.25, 0.3) is 0 Å². The van der Waals surface area contributed by atoms with Crippen molar-refractivity contribution in [2.45, 2.75) is 63.9 Å². The summed E-state index contributed by atoms with van der Waals surface area (Å²) in [5, 5.41) is 2.91. The van der Waals surface area contributed by atoms with Crippen LogP contribution in [0.2, 0.25) is 0 Å². The fraction of sp³-hybridized carbons (Fsp3) is 0.462. The van der Waals surface area contributed by atoms with Gasteiger partial charge in [-0.2, -0.15) is 0 Å². The molecule has 0 aliphatic rings. The molecule has 0 bridgehead atoms. The van der Waals surface area contributed by atoms with Crippen molar-refractivity contribution in [3.8, 4) is 0 Å². The molecule has 0 fully saturated rings. The van der Waals surface area contributed by atoms with Gasteiger partial charge in [0.05, 0.1) is 4.90 Å². The molecule has 0 saturated heterocycles. The predicted molar refractivity (Wildman–Crippen MR) is 135 cm³/mol. The van der Waals surface area contributed by atoms with Crippen LogP contribution in [0.3, 0.4) is 0 Å². The zero-order chi connectivity index (χ0) is 25.1. The molecule has 1 N–H and O–H groups in total. The third-order valence-electron chi connectivity index (χ3n) is 5.79. The van der Waals surface area contributed by atoms with Crippen molar-refractivity contribution < 1.29 is 18.0 Å². The van der Waals surface area contributed by atoms with Crippen molar-refractivity contribution in [2.75, 3.05) is 20.1 Å². The minimum absolute atomic E-state index is 0.146. The Morgan fingerprint density at radius 3 is 2.26 bits per heavy atom. The number of aryl methyl sites for hydroxylation is 1. The van der Waals surface area contributed by atoms with Crippen molar-refractivity contribution >= 4 is 21.8 Å². The summed E-state index contributed by atoms with van der Waals surface area (Å²) in [6, 6.07) is 15.5. The summed E-state index contributed by atoms with van der Waals surface area (Å²) in [4.78, 5) is 27.7. The van der Waals surface area contributed by atoms with E-state index in [1.807, 2.05) is 31.2 Å². The van der Waals surface area contributed by atoms with Crippen molar-refractivity contribution in [1.82, 2.24) is 14.5 Å². The molecule has 1 atom stereocenters. The van der Waals surface area contributed by atoms with E-state index in [4.69, 9.17) is 0 Å². The largest absolute Gasteiger partial charge is 0.354 e. The van der Waals surface area contributed by atoms with E-state index < -0.39 is 16.1 Å². The first kappa shape index (κ1) is 27.5. The second-order valence-corrected chi connectivity index (χ2v) is 10.6. The fourth-order valence-electron chi connectivity index (χ4n) is 3.50. The quantitative estimate of drug-likeness (QED) is 0.436. The summed E-state index contributed by atoms with van der Waals surface area (Å²) in [6.45, 7) is 6.89. The number of nitrogens with zero attached hydrogens (tertiary/aromatic N) is 2. The van der Waals surface area contributed by atoms with Crippen LogP contribution < -0.4 is 5.32 Å². The third kappa shape index (κ3) is 7.95. The Kier molecular flexibility index (Phi) is 10.7. The summed E-state index contributed by atoms with van der Waals surface area (Å²) < 4.78 is 26.7. The monoisotopic (exact) mass is 487 g/mol. The molecular formula is C26H37N3O4S. The molecule has 0 aliphatic carbocycles. The molecule has 2 aromatic carbocycles. The van der Waals surface area contributed by atoms with Crippen molar-refractivity contribution in [3.05, 3.63) is 65.7 Å². The van der Waals surface area contributed by atoms with Crippen molar-refractivity contribution in [2.24, 2.45) is 0 Å². The van der Waals surface area contributed by atoms with Gasteiger partial charge in [0.15, 0.2) is 0 Å². The molecular weight excluding hydrogens is 450 g/mol. The molecule has 2 amide bonds. The molecule has 8 heteroatoms. The Hall–Kier alpha value is -2.71. The van der Waals surface area contributed by atoms with Gasteiger partial charge in [-0.1, -0.05) is 61.4 Å². The van der Waals surface area contributed by atoms with Gasteiger partial charge in [-0.25, -0.2) is 12.7 Å². The lowest BCUT2D eigenvalue weighted by atomic mass is 10.1. The molecule has 186 valence electrons. The molecule has 2 rings (SSSR count). The van der Waals surface area contributed by atoms with Crippen LogP contribution in [-0.4, -0.2) is 55.6 Å². The number of benzene rings is 2. The lowest BCUT2D eigenvalue weighted by Crippen LogP contribution is -2.47. The van der Waals surface area contributed by atoms with Crippen molar-refractivity contribution in [1.29, 1.82) is 0 Å². The van der Waals surface area contributed by atoms with Crippen LogP contribution in [0.1, 0.15) is 50.7 Å². The Labute approximate surface area is 204 Å². The van der Waals surface area contributed by atoms with Crippen LogP contribution in [0, 0.1) is 6.92 Å². The summed E-state index contributed by atoms with van der Waals surface area (Å²) in [7, 11) is -2.09. The first-order valence-corrected chi connectivity index (χ1v) is 13.2. The first-order chi connectivity index (χ1) is 16.2. The van der Waals surface area contributed by atoms with Crippen LogP contribution in [0.4, 0.5) is 0 Å². The molecule has 0 aromatic heterocycles. The highest BCUT2D eigenvalue weighted by atomic mass is 32.2. The molecule has 7 nitrogen and oxygen atoms in total. The minimum Gasteiger partial charge on any atom is -0.354 e. The number of hydrogen-bond acceptors (Lipinski definition) is 4. The average Bonchev–Trinajstić information content (AvgIpc) is 2.83. The van der Waals surface area contributed by atoms with E-state index in [2.05, 4.69) is 12.2 Å². The molecule has 2 aromatic rings. The van der Waals surface area contributed by atoms with Crippen LogP contribution in [0.15, 0.2) is 59.5 Å². The second-order valence-electron chi connectivity index (χ2n) is 8.57. The van der Waals surface area contributed by atoms with Gasteiger partial charge in [-0.05, 0) is 44.4 Å². The maximum atomic E-state index is 13.2. The van der Waals surface area contributed by atoms with Gasteiger partial charge in [-0.15, -0.1) is 0 Å². The average molecular weight is 488 g/mol. The van der Waals surface area contributed by atoms with E-state index in [9.17, 15) is 18.0 Å². The van der Waals surface area contributed by atoms with Crippen molar-refractivity contribution in [3.63, 3.8) is 0 Å². The Bertz CT molecular complexity index is 1020. The van der Waals surface area contributed by atoms with E-state index in [0.717, 1.165) is 24.0 Å². The molecule has 0 radical (unpaired) electrons. The number of unbranched alkanes of at least 4 members (excludes halogenated alkanes) is 1. The summed E-state index contributed by atoms with van der Waals surface area (Å²) in [5.74, 6) is -0.359. The molecule has 0 saturated carbocycles. The van der Waals surface area contributed by atoms with Crippen LogP contribution in [-0.2, 0) is 26.2 Å².